The van der Waals surface area contributed by atoms with Crippen LogP contribution >= 0.6 is 0 Å². The van der Waals surface area contributed by atoms with Crippen molar-refractivity contribution in [1.82, 2.24) is 14.5 Å². The first-order chi connectivity index (χ1) is 20.2. The molecule has 0 fully saturated rings. The Morgan fingerprint density at radius 3 is 1.51 bits per heavy atom. The molecule has 41 heavy (non-hydrogen) atoms. The molecule has 0 aliphatic heterocycles. The molecule has 5 aromatic carbocycles. The summed E-state index contributed by atoms with van der Waals surface area (Å²) in [7, 11) is 0. The predicted octanol–water partition coefficient (Wildman–Crippen LogP) is 8.32. The number of fused-ring (bicyclic) bond motifs is 3. The molecule has 0 saturated carbocycles. The molecule has 0 bridgehead atoms. The minimum Gasteiger partial charge on any atom is -0.308 e. The number of rotatable bonds is 4. The second-order valence-electron chi connectivity index (χ2n) is 9.78. The van der Waals surface area contributed by atoms with Crippen molar-refractivity contribution in [2.45, 2.75) is 0 Å². The summed E-state index contributed by atoms with van der Waals surface area (Å²) in [6.45, 7) is 0. The highest BCUT2D eigenvalue weighted by Crippen LogP contribution is 2.38. The molecule has 7 rings (SSSR count). The van der Waals surface area contributed by atoms with Gasteiger partial charge in [-0.15, -0.1) is 0 Å². The van der Waals surface area contributed by atoms with E-state index in [0.717, 1.165) is 60.9 Å². The molecule has 0 atom stereocenters. The van der Waals surface area contributed by atoms with Crippen LogP contribution in [0, 0.1) is 22.7 Å². The van der Waals surface area contributed by atoms with Gasteiger partial charge in [0.1, 0.15) is 12.1 Å². The first-order valence-corrected chi connectivity index (χ1v) is 13.2. The normalized spacial score (nSPS) is 10.9. The predicted molar refractivity (Wildman–Crippen MR) is 162 cm³/mol. The molecule has 0 radical (unpaired) electrons. The molecule has 0 N–H and O–H groups in total. The Bertz CT molecular complexity index is 2050. The summed E-state index contributed by atoms with van der Waals surface area (Å²) < 4.78 is 2.17. The molecule has 2 aromatic heterocycles. The van der Waals surface area contributed by atoms with Gasteiger partial charge in [0.05, 0.1) is 22.3 Å². The maximum Gasteiger partial charge on any atom is 0.232 e. The minimum atomic E-state index is 0.112. The highest BCUT2D eigenvalue weighted by Gasteiger charge is 2.17. The lowest BCUT2D eigenvalue weighted by atomic mass is 10.0. The molecule has 0 saturated heterocycles. The van der Waals surface area contributed by atoms with Crippen LogP contribution in [0.3, 0.4) is 0 Å². The first-order valence-electron chi connectivity index (χ1n) is 13.2. The Labute approximate surface area is 236 Å². The number of benzene rings is 5. The third-order valence-electron chi connectivity index (χ3n) is 7.42. The molecular formula is C36H21N5. The molecule has 0 spiro atoms. The highest BCUT2D eigenvalue weighted by atomic mass is 15.0. The van der Waals surface area contributed by atoms with Gasteiger partial charge in [0.15, 0.2) is 0 Å². The van der Waals surface area contributed by atoms with Crippen molar-refractivity contribution in [2.75, 3.05) is 0 Å². The Morgan fingerprint density at radius 2 is 1.00 bits per heavy atom. The number of hydrogen-bond acceptors (Lipinski definition) is 4. The Kier molecular flexibility index (Phi) is 5.82. The number of aromatic nitrogens is 3. The van der Waals surface area contributed by atoms with Crippen molar-refractivity contribution in [3.63, 3.8) is 0 Å². The summed E-state index contributed by atoms with van der Waals surface area (Å²) in [5.41, 5.74) is 9.52. The zero-order chi connectivity index (χ0) is 27.8. The van der Waals surface area contributed by atoms with E-state index in [1.165, 1.54) is 0 Å². The van der Waals surface area contributed by atoms with Gasteiger partial charge in [-0.3, -0.25) is 0 Å². The molecule has 0 aliphatic carbocycles. The van der Waals surface area contributed by atoms with E-state index >= 15 is 0 Å². The van der Waals surface area contributed by atoms with E-state index in [9.17, 15) is 5.26 Å². The van der Waals surface area contributed by atoms with Gasteiger partial charge in [-0.25, -0.2) is 9.97 Å². The minimum absolute atomic E-state index is 0.112. The fourth-order valence-electron chi connectivity index (χ4n) is 5.44. The van der Waals surface area contributed by atoms with Crippen LogP contribution in [-0.4, -0.2) is 14.5 Å². The molecule has 190 valence electrons. The van der Waals surface area contributed by atoms with Gasteiger partial charge < -0.3 is 4.57 Å². The summed E-state index contributed by atoms with van der Waals surface area (Å²) >= 11 is 0. The second-order valence-corrected chi connectivity index (χ2v) is 9.78. The summed E-state index contributed by atoms with van der Waals surface area (Å²) in [4.78, 5) is 8.18. The van der Waals surface area contributed by atoms with Crippen molar-refractivity contribution in [3.05, 3.63) is 139 Å². The van der Waals surface area contributed by atoms with E-state index in [4.69, 9.17) is 5.26 Å². The van der Waals surface area contributed by atoms with Gasteiger partial charge >= 0.3 is 0 Å². The van der Waals surface area contributed by atoms with E-state index < -0.39 is 0 Å². The van der Waals surface area contributed by atoms with E-state index in [-0.39, 0.29) is 5.82 Å². The number of hydrogen-bond donors (Lipinski definition) is 0. The van der Waals surface area contributed by atoms with E-state index in [1.54, 1.807) is 12.4 Å². The lowest BCUT2D eigenvalue weighted by Gasteiger charge is -2.12. The topological polar surface area (TPSA) is 78.3 Å². The fourth-order valence-corrected chi connectivity index (χ4v) is 5.44. The molecule has 0 unspecified atom stereocenters. The monoisotopic (exact) mass is 523 g/mol. The summed E-state index contributed by atoms with van der Waals surface area (Å²) in [6, 6.07) is 43.9. The van der Waals surface area contributed by atoms with E-state index in [1.807, 2.05) is 36.4 Å². The maximum atomic E-state index is 10.3. The first kappa shape index (κ1) is 24.0. The van der Waals surface area contributed by atoms with Gasteiger partial charge in [0.2, 0.25) is 5.82 Å². The molecule has 0 amide bonds. The average molecular weight is 524 g/mol. The molecule has 0 aliphatic rings. The number of nitrogens with zero attached hydrogens (tertiary/aromatic N) is 5. The lowest BCUT2D eigenvalue weighted by Crippen LogP contribution is -1.98. The van der Waals surface area contributed by atoms with Crippen LogP contribution in [0.15, 0.2) is 128 Å². The van der Waals surface area contributed by atoms with E-state index in [2.05, 4.69) is 106 Å². The zero-order valence-electron chi connectivity index (χ0n) is 21.9. The molecule has 7 aromatic rings. The Hall–Kier alpha value is -6.04. The van der Waals surface area contributed by atoms with Crippen molar-refractivity contribution in [3.8, 4) is 51.2 Å². The van der Waals surface area contributed by atoms with Gasteiger partial charge in [0, 0.05) is 28.7 Å². The summed E-state index contributed by atoms with van der Waals surface area (Å²) in [6.07, 6.45) is 3.22. The maximum absolute atomic E-state index is 10.3. The average Bonchev–Trinajstić information content (AvgIpc) is 3.38. The molecule has 5 heteroatoms. The third-order valence-corrected chi connectivity index (χ3v) is 7.42. The van der Waals surface area contributed by atoms with Crippen LogP contribution in [0.4, 0.5) is 0 Å². The Balaban J connectivity index is 1.47. The van der Waals surface area contributed by atoms with Crippen LogP contribution in [0.2, 0.25) is 0 Å². The van der Waals surface area contributed by atoms with Gasteiger partial charge in [-0.05, 0) is 64.2 Å². The molecule has 2 heterocycles. The molecule has 5 nitrogen and oxygen atoms in total. The third kappa shape index (κ3) is 4.19. The zero-order valence-corrected chi connectivity index (χ0v) is 21.9. The van der Waals surface area contributed by atoms with Crippen LogP contribution in [0.5, 0.6) is 0 Å². The van der Waals surface area contributed by atoms with Crippen molar-refractivity contribution in [1.29, 1.82) is 10.5 Å². The quantitative estimate of drug-likeness (QED) is 0.232. The fraction of sp³-hybridized carbons (Fsp3) is 0. The van der Waals surface area contributed by atoms with Crippen LogP contribution in [-0.2, 0) is 0 Å². The second kappa shape index (κ2) is 9.93. The van der Waals surface area contributed by atoms with Crippen LogP contribution < -0.4 is 0 Å². The van der Waals surface area contributed by atoms with Gasteiger partial charge in [-0.2, -0.15) is 10.5 Å². The molecular weight excluding hydrogens is 502 g/mol. The van der Waals surface area contributed by atoms with Crippen LogP contribution in [0.1, 0.15) is 11.4 Å². The highest BCUT2D eigenvalue weighted by molar-refractivity contribution is 6.11. The van der Waals surface area contributed by atoms with Crippen LogP contribution in [0.25, 0.3) is 60.9 Å². The summed E-state index contributed by atoms with van der Waals surface area (Å²) in [5, 5.41) is 21.5. The van der Waals surface area contributed by atoms with Crippen molar-refractivity contribution < 1.29 is 0 Å². The van der Waals surface area contributed by atoms with E-state index in [0.29, 0.717) is 5.56 Å². The summed E-state index contributed by atoms with van der Waals surface area (Å²) in [5.74, 6) is 0.112. The van der Waals surface area contributed by atoms with Gasteiger partial charge in [0.25, 0.3) is 0 Å². The van der Waals surface area contributed by atoms with Gasteiger partial charge in [-0.1, -0.05) is 78.9 Å². The standard InChI is InChI=1S/C36H21N5/c37-20-29-17-26(30-22-39-36(21-38)40-23-30)11-14-33(29)41-34-15-12-27(24-7-3-1-4-8-24)18-31(34)32-19-28(13-16-35(32)41)25-9-5-2-6-10-25/h1-19,22-23H. The largest absolute Gasteiger partial charge is 0.308 e. The SMILES string of the molecule is N#Cc1ncc(-c2ccc(-n3c4ccc(-c5ccccc5)cc4c4cc(-c5ccccc5)ccc43)c(C#N)c2)cn1. The smallest absolute Gasteiger partial charge is 0.232 e. The van der Waals surface area contributed by atoms with Crippen molar-refractivity contribution >= 4 is 21.8 Å². The Morgan fingerprint density at radius 1 is 0.488 bits per heavy atom. The number of nitriles is 2. The lowest BCUT2D eigenvalue weighted by molar-refractivity contribution is 1.11. The van der Waals surface area contributed by atoms with Crippen molar-refractivity contribution in [2.24, 2.45) is 0 Å².